The number of hydrogen-bond acceptors (Lipinski definition) is 5. The minimum Gasteiger partial charge on any atom is -0.338 e. The van der Waals surface area contributed by atoms with Gasteiger partial charge in [0.05, 0.1) is 12.2 Å². The third-order valence-electron chi connectivity index (χ3n) is 3.37. The molecule has 0 spiro atoms. The highest BCUT2D eigenvalue weighted by atomic mass is 35.5. The minimum atomic E-state index is -0.0428. The van der Waals surface area contributed by atoms with Gasteiger partial charge in [0.1, 0.15) is 0 Å². The van der Waals surface area contributed by atoms with Gasteiger partial charge in [0.25, 0.3) is 0 Å². The van der Waals surface area contributed by atoms with Crippen molar-refractivity contribution in [1.82, 2.24) is 15.0 Å². The molecule has 0 atom stereocenters. The van der Waals surface area contributed by atoms with Gasteiger partial charge < -0.3 is 9.42 Å². The van der Waals surface area contributed by atoms with Crippen molar-refractivity contribution < 1.29 is 9.32 Å². The van der Waals surface area contributed by atoms with Crippen LogP contribution in [0.5, 0.6) is 0 Å². The van der Waals surface area contributed by atoms with Crippen LogP contribution >= 0.6 is 12.4 Å². The van der Waals surface area contributed by atoms with Crippen molar-refractivity contribution in [3.05, 3.63) is 11.3 Å². The average molecular weight is 289 g/mol. The van der Waals surface area contributed by atoms with Gasteiger partial charge in [-0.05, 0) is 20.9 Å². The molecule has 1 aliphatic rings. The van der Waals surface area contributed by atoms with Crippen LogP contribution in [0.1, 0.15) is 11.3 Å². The molecule has 19 heavy (non-hydrogen) atoms. The summed E-state index contributed by atoms with van der Waals surface area (Å²) in [6.07, 6.45) is 0. The van der Waals surface area contributed by atoms with E-state index >= 15 is 0 Å². The summed E-state index contributed by atoms with van der Waals surface area (Å²) >= 11 is 0. The summed E-state index contributed by atoms with van der Waals surface area (Å²) in [6, 6.07) is 0. The number of hydrogen-bond donors (Lipinski definition) is 1. The molecule has 0 bridgehead atoms. The average Bonchev–Trinajstić information content (AvgIpc) is 2.64. The summed E-state index contributed by atoms with van der Waals surface area (Å²) in [6.45, 7) is 8.03. The highest BCUT2D eigenvalue weighted by Crippen LogP contribution is 2.17. The first kappa shape index (κ1) is 15.9. The Balaban J connectivity index is 0.00000180. The van der Waals surface area contributed by atoms with E-state index in [-0.39, 0.29) is 18.3 Å². The molecule has 1 aromatic heterocycles. The Labute approximate surface area is 119 Å². The monoisotopic (exact) mass is 288 g/mol. The number of aromatic nitrogens is 1. The van der Waals surface area contributed by atoms with Crippen LogP contribution in [0.3, 0.4) is 0 Å². The van der Waals surface area contributed by atoms with Gasteiger partial charge in [-0.25, -0.2) is 0 Å². The molecule has 108 valence electrons. The molecule has 1 aromatic rings. The first-order valence-corrected chi connectivity index (χ1v) is 6.20. The summed E-state index contributed by atoms with van der Waals surface area (Å²) in [5, 5.41) is 6.58. The fraction of sp³-hybridized carbons (Fsp3) is 0.667. The van der Waals surface area contributed by atoms with E-state index in [1.54, 1.807) is 0 Å². The lowest BCUT2D eigenvalue weighted by Gasteiger charge is -2.31. The zero-order valence-electron chi connectivity index (χ0n) is 11.6. The minimum absolute atomic E-state index is 0. The first-order valence-electron chi connectivity index (χ1n) is 6.20. The van der Waals surface area contributed by atoms with Crippen molar-refractivity contribution in [1.29, 1.82) is 0 Å². The third-order valence-corrected chi connectivity index (χ3v) is 3.37. The number of nitrogens with zero attached hydrogens (tertiary/aromatic N) is 3. The Bertz CT molecular complexity index is 427. The zero-order chi connectivity index (χ0) is 13.1. The Kier molecular flexibility index (Phi) is 5.78. The van der Waals surface area contributed by atoms with Crippen LogP contribution < -0.4 is 5.32 Å². The van der Waals surface area contributed by atoms with Crippen molar-refractivity contribution in [2.24, 2.45) is 0 Å². The first-order chi connectivity index (χ1) is 8.56. The predicted molar refractivity (Wildman–Crippen MR) is 75.8 cm³/mol. The summed E-state index contributed by atoms with van der Waals surface area (Å²) in [5.74, 6) is 0.422. The maximum absolute atomic E-state index is 11.9. The maximum atomic E-state index is 11.9. The number of carbonyl (C=O) groups is 1. The van der Waals surface area contributed by atoms with E-state index in [4.69, 9.17) is 4.52 Å². The third kappa shape index (κ3) is 4.19. The second-order valence-corrected chi connectivity index (χ2v) is 4.85. The summed E-state index contributed by atoms with van der Waals surface area (Å²) < 4.78 is 5.06. The molecular formula is C12H21ClN4O2. The smallest absolute Gasteiger partial charge is 0.240 e. The van der Waals surface area contributed by atoms with Gasteiger partial charge in [0.15, 0.2) is 0 Å². The van der Waals surface area contributed by atoms with Crippen LogP contribution in [0, 0.1) is 13.8 Å². The van der Waals surface area contributed by atoms with Crippen LogP contribution in [0.25, 0.3) is 0 Å². The maximum Gasteiger partial charge on any atom is 0.240 e. The van der Waals surface area contributed by atoms with Gasteiger partial charge in [0, 0.05) is 31.7 Å². The number of anilines is 1. The van der Waals surface area contributed by atoms with Crippen LogP contribution in [0.2, 0.25) is 0 Å². The molecule has 2 rings (SSSR count). The highest BCUT2D eigenvalue weighted by Gasteiger charge is 2.18. The summed E-state index contributed by atoms with van der Waals surface area (Å²) in [4.78, 5) is 16.3. The molecule has 1 aliphatic heterocycles. The Morgan fingerprint density at radius 2 is 1.95 bits per heavy atom. The van der Waals surface area contributed by atoms with Gasteiger partial charge in [-0.2, -0.15) is 0 Å². The molecule has 6 nitrogen and oxygen atoms in total. The van der Waals surface area contributed by atoms with Crippen LogP contribution in [0.4, 0.5) is 5.88 Å². The Morgan fingerprint density at radius 1 is 1.32 bits per heavy atom. The van der Waals surface area contributed by atoms with Crippen LogP contribution in [-0.2, 0) is 4.79 Å². The molecule has 0 radical (unpaired) electrons. The normalized spacial score (nSPS) is 17.0. The molecule has 1 fully saturated rings. The quantitative estimate of drug-likeness (QED) is 0.895. The number of aryl methyl sites for hydroxylation is 1. The van der Waals surface area contributed by atoms with E-state index in [1.165, 1.54) is 0 Å². The number of halogens is 1. The summed E-state index contributed by atoms with van der Waals surface area (Å²) in [7, 11) is 2.10. The molecule has 1 saturated heterocycles. The van der Waals surface area contributed by atoms with E-state index < -0.39 is 0 Å². The Morgan fingerprint density at radius 3 is 2.47 bits per heavy atom. The second-order valence-electron chi connectivity index (χ2n) is 4.85. The predicted octanol–water partition coefficient (Wildman–Crippen LogP) is 0.899. The lowest BCUT2D eigenvalue weighted by atomic mass is 10.3. The van der Waals surface area contributed by atoms with Gasteiger partial charge >= 0.3 is 0 Å². The lowest BCUT2D eigenvalue weighted by Crippen LogP contribution is -2.47. The van der Waals surface area contributed by atoms with Crippen molar-refractivity contribution in [3.63, 3.8) is 0 Å². The van der Waals surface area contributed by atoms with E-state index in [0.29, 0.717) is 12.4 Å². The lowest BCUT2D eigenvalue weighted by molar-refractivity contribution is -0.117. The molecule has 7 heteroatoms. The molecular weight excluding hydrogens is 268 g/mol. The molecule has 0 aliphatic carbocycles. The number of nitrogens with one attached hydrogen (secondary N) is 1. The topological polar surface area (TPSA) is 61.6 Å². The van der Waals surface area contributed by atoms with Gasteiger partial charge in [-0.3, -0.25) is 15.0 Å². The van der Waals surface area contributed by atoms with E-state index in [2.05, 4.69) is 27.3 Å². The van der Waals surface area contributed by atoms with Crippen LogP contribution in [-0.4, -0.2) is 60.6 Å². The molecule has 1 amide bonds. The highest BCUT2D eigenvalue weighted by molar-refractivity contribution is 5.91. The Hall–Kier alpha value is -1.11. The number of carbonyl (C=O) groups excluding carboxylic acids is 1. The zero-order valence-corrected chi connectivity index (χ0v) is 12.4. The SMILES string of the molecule is Cc1noc(NC(=O)CN2CCN(C)CC2)c1C.Cl. The largest absolute Gasteiger partial charge is 0.338 e. The van der Waals surface area contributed by atoms with Crippen molar-refractivity contribution >= 4 is 24.2 Å². The van der Waals surface area contributed by atoms with Crippen molar-refractivity contribution in [3.8, 4) is 0 Å². The van der Waals surface area contributed by atoms with Crippen LogP contribution in [0.15, 0.2) is 4.52 Å². The molecule has 0 aromatic carbocycles. The van der Waals surface area contributed by atoms with Gasteiger partial charge in [-0.1, -0.05) is 5.16 Å². The van der Waals surface area contributed by atoms with Crippen molar-refractivity contribution in [2.75, 3.05) is 45.1 Å². The van der Waals surface area contributed by atoms with Gasteiger partial charge in [-0.15, -0.1) is 12.4 Å². The number of likely N-dealkylation sites (N-methyl/N-ethyl adjacent to an activating group) is 1. The number of piperazine rings is 1. The molecule has 0 unspecified atom stereocenters. The number of amides is 1. The fourth-order valence-electron chi connectivity index (χ4n) is 1.91. The number of rotatable bonds is 3. The molecule has 1 N–H and O–H groups in total. The van der Waals surface area contributed by atoms with E-state index in [9.17, 15) is 4.79 Å². The fourth-order valence-corrected chi connectivity index (χ4v) is 1.91. The molecule has 0 saturated carbocycles. The van der Waals surface area contributed by atoms with E-state index in [1.807, 2.05) is 13.8 Å². The molecule has 2 heterocycles. The standard InChI is InChI=1S/C12H20N4O2.ClH/c1-9-10(2)14-18-12(9)13-11(17)8-16-6-4-15(3)5-7-16;/h4-8H2,1-3H3,(H,13,17);1H. The van der Waals surface area contributed by atoms with Crippen molar-refractivity contribution in [2.45, 2.75) is 13.8 Å². The van der Waals surface area contributed by atoms with Gasteiger partial charge in [0.2, 0.25) is 11.8 Å². The van der Waals surface area contributed by atoms with E-state index in [0.717, 1.165) is 37.4 Å². The summed E-state index contributed by atoms with van der Waals surface area (Å²) in [5.41, 5.74) is 1.70. The second kappa shape index (κ2) is 6.88.